The van der Waals surface area contributed by atoms with Gasteiger partial charge in [-0.3, -0.25) is 9.59 Å². The zero-order valence-electron chi connectivity index (χ0n) is 15.1. The molecule has 152 valence electrons. The van der Waals surface area contributed by atoms with Gasteiger partial charge in [-0.15, -0.1) is 13.2 Å². The minimum atomic E-state index is -4.93. The second-order valence-corrected chi connectivity index (χ2v) is 6.50. The first-order chi connectivity index (χ1) is 13.1. The highest BCUT2D eigenvalue weighted by Crippen LogP contribution is 2.28. The van der Waals surface area contributed by atoms with E-state index in [1.54, 1.807) is 6.07 Å². The number of carbonyl (C=O) groups excluding carboxylic acids is 2. The zero-order chi connectivity index (χ0) is 20.9. The van der Waals surface area contributed by atoms with E-state index in [0.29, 0.717) is 19.4 Å². The molecule has 0 saturated carbocycles. The smallest absolute Gasteiger partial charge is 0.405 e. The molecular formula is C18H20F3N3O4. The number of alkyl halides is 3. The number of aliphatic hydroxyl groups excluding tert-OH is 1. The summed E-state index contributed by atoms with van der Waals surface area (Å²) in [4.78, 5) is 25.7. The standard InChI is InChI=1S/C18H20F3N3O4/c1-11(25)17(27)24-6-2-3-14(10-24)16(26)23-9-13-5-4-12(8-22)7-15(13)28-18(19,20)21/h4-5,7,11,14,25H,2-3,6,9-10H2,1H3,(H,23,26)/t11-,14-/m1/s1. The Bertz CT molecular complexity index is 774. The van der Waals surface area contributed by atoms with Crippen LogP contribution in [0.25, 0.3) is 0 Å². The average molecular weight is 399 g/mol. The summed E-state index contributed by atoms with van der Waals surface area (Å²) in [7, 11) is 0. The van der Waals surface area contributed by atoms with Crippen molar-refractivity contribution in [3.8, 4) is 11.8 Å². The van der Waals surface area contributed by atoms with Crippen LogP contribution in [0.2, 0.25) is 0 Å². The first kappa shape index (κ1) is 21.5. The van der Waals surface area contributed by atoms with Crippen LogP contribution in [0, 0.1) is 17.2 Å². The number of benzene rings is 1. The topological polar surface area (TPSA) is 103 Å². The summed E-state index contributed by atoms with van der Waals surface area (Å²) in [6, 6.07) is 5.30. The monoisotopic (exact) mass is 399 g/mol. The number of nitrogens with zero attached hydrogens (tertiary/aromatic N) is 2. The lowest BCUT2D eigenvalue weighted by Crippen LogP contribution is -2.48. The predicted molar refractivity (Wildman–Crippen MR) is 90.7 cm³/mol. The molecule has 0 radical (unpaired) electrons. The summed E-state index contributed by atoms with van der Waals surface area (Å²) < 4.78 is 41.7. The van der Waals surface area contributed by atoms with E-state index < -0.39 is 35.9 Å². The molecule has 2 amide bonds. The van der Waals surface area contributed by atoms with Gasteiger partial charge in [0.2, 0.25) is 5.91 Å². The van der Waals surface area contributed by atoms with E-state index in [1.807, 2.05) is 0 Å². The van der Waals surface area contributed by atoms with E-state index in [1.165, 1.54) is 24.0 Å². The third kappa shape index (κ3) is 5.85. The molecule has 2 atom stereocenters. The van der Waals surface area contributed by atoms with Gasteiger partial charge >= 0.3 is 6.36 Å². The molecule has 1 aromatic carbocycles. The molecule has 10 heteroatoms. The Morgan fingerprint density at radius 2 is 2.18 bits per heavy atom. The molecule has 0 bridgehead atoms. The Labute approximate surface area is 159 Å². The number of amides is 2. The van der Waals surface area contributed by atoms with Crippen molar-refractivity contribution in [1.82, 2.24) is 10.2 Å². The fraction of sp³-hybridized carbons (Fsp3) is 0.500. The third-order valence-electron chi connectivity index (χ3n) is 4.34. The summed E-state index contributed by atoms with van der Waals surface area (Å²) in [6.07, 6.45) is -5.00. The molecule has 2 rings (SSSR count). The molecule has 1 aliphatic rings. The second-order valence-electron chi connectivity index (χ2n) is 6.50. The summed E-state index contributed by atoms with van der Waals surface area (Å²) in [5.74, 6) is -1.96. The van der Waals surface area contributed by atoms with Crippen LogP contribution in [0.3, 0.4) is 0 Å². The minimum Gasteiger partial charge on any atom is -0.405 e. The van der Waals surface area contributed by atoms with Crippen molar-refractivity contribution in [2.45, 2.75) is 38.8 Å². The maximum Gasteiger partial charge on any atom is 0.573 e. The molecule has 1 aliphatic heterocycles. The first-order valence-corrected chi connectivity index (χ1v) is 8.64. The lowest BCUT2D eigenvalue weighted by Gasteiger charge is -2.32. The van der Waals surface area contributed by atoms with E-state index in [0.717, 1.165) is 6.07 Å². The average Bonchev–Trinajstić information content (AvgIpc) is 2.64. The van der Waals surface area contributed by atoms with Crippen LogP contribution < -0.4 is 10.1 Å². The largest absolute Gasteiger partial charge is 0.573 e. The number of aliphatic hydroxyl groups is 1. The third-order valence-corrected chi connectivity index (χ3v) is 4.34. The zero-order valence-corrected chi connectivity index (χ0v) is 15.1. The molecule has 0 aliphatic carbocycles. The Morgan fingerprint density at radius 1 is 1.46 bits per heavy atom. The normalized spacial score (nSPS) is 18.1. The number of rotatable bonds is 5. The van der Waals surface area contributed by atoms with Crippen LogP contribution >= 0.6 is 0 Å². The number of likely N-dealkylation sites (tertiary alicyclic amines) is 1. The summed E-state index contributed by atoms with van der Waals surface area (Å²) in [6.45, 7) is 1.69. The molecule has 1 saturated heterocycles. The highest BCUT2D eigenvalue weighted by Gasteiger charge is 2.33. The van der Waals surface area contributed by atoms with E-state index in [4.69, 9.17) is 5.26 Å². The molecule has 0 spiro atoms. The molecule has 0 unspecified atom stereocenters. The van der Waals surface area contributed by atoms with Crippen LogP contribution in [0.4, 0.5) is 13.2 Å². The highest BCUT2D eigenvalue weighted by atomic mass is 19.4. The number of halogens is 3. The van der Waals surface area contributed by atoms with Gasteiger partial charge < -0.3 is 20.1 Å². The minimum absolute atomic E-state index is 0.00566. The van der Waals surface area contributed by atoms with Crippen molar-refractivity contribution in [3.05, 3.63) is 29.3 Å². The second kappa shape index (κ2) is 8.93. The number of piperidine rings is 1. The van der Waals surface area contributed by atoms with Crippen LogP contribution in [-0.2, 0) is 16.1 Å². The fourth-order valence-corrected chi connectivity index (χ4v) is 2.97. The van der Waals surface area contributed by atoms with Gasteiger partial charge in [-0.25, -0.2) is 0 Å². The van der Waals surface area contributed by atoms with Gasteiger partial charge in [0.1, 0.15) is 11.9 Å². The number of hydrogen-bond acceptors (Lipinski definition) is 5. The summed E-state index contributed by atoms with van der Waals surface area (Å²) in [5.41, 5.74) is 0.0614. The molecule has 2 N–H and O–H groups in total. The Balaban J connectivity index is 2.04. The number of nitrogens with one attached hydrogen (secondary N) is 1. The van der Waals surface area contributed by atoms with Crippen LogP contribution in [-0.4, -0.2) is 47.4 Å². The van der Waals surface area contributed by atoms with E-state index >= 15 is 0 Å². The van der Waals surface area contributed by atoms with Crippen LogP contribution in [0.1, 0.15) is 30.9 Å². The Kier molecular flexibility index (Phi) is 6.85. The van der Waals surface area contributed by atoms with Crippen molar-refractivity contribution in [2.24, 2.45) is 5.92 Å². The lowest BCUT2D eigenvalue weighted by molar-refractivity contribution is -0.274. The highest BCUT2D eigenvalue weighted by molar-refractivity contribution is 5.83. The van der Waals surface area contributed by atoms with Crippen LogP contribution in [0.15, 0.2) is 18.2 Å². The van der Waals surface area contributed by atoms with E-state index in [9.17, 15) is 27.9 Å². The van der Waals surface area contributed by atoms with Gasteiger partial charge in [-0.05, 0) is 31.9 Å². The van der Waals surface area contributed by atoms with Crippen molar-refractivity contribution in [1.29, 1.82) is 5.26 Å². The van der Waals surface area contributed by atoms with Crippen molar-refractivity contribution in [2.75, 3.05) is 13.1 Å². The van der Waals surface area contributed by atoms with Crippen LogP contribution in [0.5, 0.6) is 5.75 Å². The molecular weight excluding hydrogens is 379 g/mol. The molecule has 7 nitrogen and oxygen atoms in total. The van der Waals surface area contributed by atoms with Gasteiger partial charge in [-0.1, -0.05) is 6.07 Å². The lowest BCUT2D eigenvalue weighted by atomic mass is 9.96. The number of ether oxygens (including phenoxy) is 1. The number of carbonyl (C=O) groups is 2. The first-order valence-electron chi connectivity index (χ1n) is 8.64. The number of hydrogen-bond donors (Lipinski definition) is 2. The Hall–Kier alpha value is -2.80. The maximum atomic E-state index is 12.6. The molecule has 0 aromatic heterocycles. The van der Waals surface area contributed by atoms with Gasteiger partial charge in [0.15, 0.2) is 0 Å². The Morgan fingerprint density at radius 3 is 2.79 bits per heavy atom. The van der Waals surface area contributed by atoms with Gasteiger partial charge in [0.25, 0.3) is 5.91 Å². The van der Waals surface area contributed by atoms with Crippen molar-refractivity contribution < 1.29 is 32.6 Å². The van der Waals surface area contributed by atoms with Gasteiger partial charge in [0, 0.05) is 25.2 Å². The molecule has 1 heterocycles. The van der Waals surface area contributed by atoms with E-state index in [-0.39, 0.29) is 24.2 Å². The van der Waals surface area contributed by atoms with Crippen molar-refractivity contribution in [3.63, 3.8) is 0 Å². The summed E-state index contributed by atoms with van der Waals surface area (Å²) in [5, 5.41) is 20.8. The predicted octanol–water partition coefficient (Wildman–Crippen LogP) is 1.69. The van der Waals surface area contributed by atoms with E-state index in [2.05, 4.69) is 10.1 Å². The van der Waals surface area contributed by atoms with Gasteiger partial charge in [-0.2, -0.15) is 5.26 Å². The molecule has 1 aromatic rings. The fourth-order valence-electron chi connectivity index (χ4n) is 2.97. The van der Waals surface area contributed by atoms with Crippen molar-refractivity contribution >= 4 is 11.8 Å². The van der Waals surface area contributed by atoms with Gasteiger partial charge in [0.05, 0.1) is 17.6 Å². The molecule has 1 fully saturated rings. The maximum absolute atomic E-state index is 12.6. The SMILES string of the molecule is C[C@@H](O)C(=O)N1CCC[C@@H](C(=O)NCc2ccc(C#N)cc2OC(F)(F)F)C1. The quantitative estimate of drug-likeness (QED) is 0.785. The number of nitriles is 1. The summed E-state index contributed by atoms with van der Waals surface area (Å²) >= 11 is 0. The molecule has 28 heavy (non-hydrogen) atoms.